The number of hydrogen-bond acceptors (Lipinski definition) is 4. The molecule has 0 N–H and O–H groups in total. The predicted molar refractivity (Wildman–Crippen MR) is 93.5 cm³/mol. The van der Waals surface area contributed by atoms with Crippen LogP contribution in [0.1, 0.15) is 32.0 Å². The minimum Gasteiger partial charge on any atom is -0.288 e. The Morgan fingerprint density at radius 3 is 2.61 bits per heavy atom. The SMILES string of the molecule is Cn1nc(CS(=O)(=O)C2=CCN=C2)c2cccc(C(C)(C)C)c21. The number of fused-ring (bicyclic) bond motifs is 1. The average molecular weight is 331 g/mol. The Labute approximate surface area is 136 Å². The molecule has 2 heterocycles. The van der Waals surface area contributed by atoms with Crippen molar-refractivity contribution in [2.75, 3.05) is 6.54 Å². The van der Waals surface area contributed by atoms with E-state index in [9.17, 15) is 8.42 Å². The molecule has 0 unspecified atom stereocenters. The number of nitrogens with zero attached hydrogens (tertiary/aromatic N) is 3. The third kappa shape index (κ3) is 2.83. The van der Waals surface area contributed by atoms with Gasteiger partial charge >= 0.3 is 0 Å². The number of aromatic nitrogens is 2. The molecule has 122 valence electrons. The van der Waals surface area contributed by atoms with Crippen LogP contribution in [0, 0.1) is 0 Å². The zero-order valence-corrected chi connectivity index (χ0v) is 14.7. The van der Waals surface area contributed by atoms with Crippen LogP contribution in [0.5, 0.6) is 0 Å². The fourth-order valence-electron chi connectivity index (χ4n) is 2.93. The molecule has 0 amide bonds. The number of benzene rings is 1. The summed E-state index contributed by atoms with van der Waals surface area (Å²) in [5.74, 6) is -0.101. The molecule has 1 aromatic carbocycles. The van der Waals surface area contributed by atoms with Crippen LogP contribution in [0.25, 0.3) is 10.9 Å². The Morgan fingerprint density at radius 1 is 1.26 bits per heavy atom. The predicted octanol–water partition coefficient (Wildman–Crippen LogP) is 2.75. The van der Waals surface area contributed by atoms with Crippen molar-refractivity contribution in [3.8, 4) is 0 Å². The number of hydrogen-bond donors (Lipinski definition) is 0. The van der Waals surface area contributed by atoms with Crippen LogP contribution in [-0.2, 0) is 28.1 Å². The van der Waals surface area contributed by atoms with Crippen LogP contribution in [0.15, 0.2) is 34.2 Å². The molecule has 1 aliphatic heterocycles. The van der Waals surface area contributed by atoms with E-state index < -0.39 is 9.84 Å². The minimum absolute atomic E-state index is 0.0376. The van der Waals surface area contributed by atoms with Gasteiger partial charge in [0.1, 0.15) is 0 Å². The third-order valence-corrected chi connectivity index (χ3v) is 5.70. The Kier molecular flexibility index (Phi) is 3.67. The minimum atomic E-state index is -3.40. The van der Waals surface area contributed by atoms with Crippen LogP contribution in [-0.4, -0.2) is 31.0 Å². The van der Waals surface area contributed by atoms with Gasteiger partial charge in [-0.1, -0.05) is 39.0 Å². The lowest BCUT2D eigenvalue weighted by molar-refractivity contribution is 0.590. The summed E-state index contributed by atoms with van der Waals surface area (Å²) in [5, 5.41) is 5.39. The molecule has 23 heavy (non-hydrogen) atoms. The zero-order valence-electron chi connectivity index (χ0n) is 13.9. The van der Waals surface area contributed by atoms with E-state index in [4.69, 9.17) is 0 Å². The van der Waals surface area contributed by atoms with E-state index >= 15 is 0 Å². The largest absolute Gasteiger partial charge is 0.288 e. The van der Waals surface area contributed by atoms with Crippen molar-refractivity contribution in [3.63, 3.8) is 0 Å². The lowest BCUT2D eigenvalue weighted by Crippen LogP contribution is -2.12. The van der Waals surface area contributed by atoms with Crippen LogP contribution < -0.4 is 0 Å². The molecule has 2 aromatic rings. The molecule has 0 bridgehead atoms. The standard InChI is InChI=1S/C17H21N3O2S/c1-17(2,3)14-7-5-6-13-15(19-20(4)16(13)14)11-23(21,22)12-8-9-18-10-12/h5-8,10H,9,11H2,1-4H3. The first kappa shape index (κ1) is 15.9. The first-order chi connectivity index (χ1) is 10.7. The molecular weight excluding hydrogens is 310 g/mol. The first-order valence-electron chi connectivity index (χ1n) is 7.58. The van der Waals surface area contributed by atoms with E-state index in [1.165, 1.54) is 6.21 Å². The van der Waals surface area contributed by atoms with Crippen molar-refractivity contribution >= 4 is 27.0 Å². The molecule has 1 aromatic heterocycles. The van der Waals surface area contributed by atoms with Crippen molar-refractivity contribution in [2.45, 2.75) is 31.9 Å². The van der Waals surface area contributed by atoms with Crippen LogP contribution in [0.2, 0.25) is 0 Å². The van der Waals surface area contributed by atoms with Gasteiger partial charge in [-0.3, -0.25) is 9.67 Å². The summed E-state index contributed by atoms with van der Waals surface area (Å²) in [5.41, 5.74) is 2.72. The fraction of sp³-hybridized carbons (Fsp3) is 0.412. The normalized spacial score (nSPS) is 15.4. The maximum Gasteiger partial charge on any atom is 0.185 e. The van der Waals surface area contributed by atoms with Crippen molar-refractivity contribution in [1.29, 1.82) is 0 Å². The molecule has 6 heteroatoms. The Bertz CT molecular complexity index is 929. The molecule has 0 saturated heterocycles. The number of rotatable bonds is 3. The maximum absolute atomic E-state index is 12.5. The highest BCUT2D eigenvalue weighted by Crippen LogP contribution is 2.32. The first-order valence-corrected chi connectivity index (χ1v) is 9.23. The summed E-state index contributed by atoms with van der Waals surface area (Å²) in [6.07, 6.45) is 3.07. The van der Waals surface area contributed by atoms with Crippen LogP contribution in [0.4, 0.5) is 0 Å². The number of aliphatic imine (C=N–C) groups is 1. The van der Waals surface area contributed by atoms with Gasteiger partial charge in [0.2, 0.25) is 0 Å². The van der Waals surface area contributed by atoms with Gasteiger partial charge in [-0.25, -0.2) is 8.42 Å². The topological polar surface area (TPSA) is 64.3 Å². The Balaban J connectivity index is 2.12. The third-order valence-electron chi connectivity index (χ3n) is 4.05. The monoisotopic (exact) mass is 331 g/mol. The molecule has 1 aliphatic rings. The van der Waals surface area contributed by atoms with Gasteiger partial charge in [0.15, 0.2) is 9.84 Å². The molecule has 0 saturated carbocycles. The van der Waals surface area contributed by atoms with Crippen molar-refractivity contribution in [1.82, 2.24) is 9.78 Å². The van der Waals surface area contributed by atoms with E-state index in [-0.39, 0.29) is 11.2 Å². The summed E-state index contributed by atoms with van der Waals surface area (Å²) in [4.78, 5) is 4.26. The molecular formula is C17H21N3O2S. The van der Waals surface area contributed by atoms with E-state index in [1.54, 1.807) is 10.8 Å². The molecule has 0 fully saturated rings. The smallest absolute Gasteiger partial charge is 0.185 e. The number of para-hydroxylation sites is 1. The van der Waals surface area contributed by atoms with Gasteiger partial charge in [-0.05, 0) is 17.1 Å². The molecule has 0 spiro atoms. The second kappa shape index (κ2) is 5.30. The maximum atomic E-state index is 12.5. The number of sulfone groups is 1. The van der Waals surface area contributed by atoms with E-state index in [2.05, 4.69) is 36.9 Å². The van der Waals surface area contributed by atoms with Crippen molar-refractivity contribution < 1.29 is 8.42 Å². The summed E-state index contributed by atoms with van der Waals surface area (Å²) in [6, 6.07) is 5.99. The van der Waals surface area contributed by atoms with E-state index in [0.717, 1.165) is 16.5 Å². The highest BCUT2D eigenvalue weighted by molar-refractivity contribution is 7.95. The lowest BCUT2D eigenvalue weighted by atomic mass is 9.85. The van der Waals surface area contributed by atoms with Gasteiger partial charge in [0, 0.05) is 18.6 Å². The molecule has 3 rings (SSSR count). The van der Waals surface area contributed by atoms with Crippen molar-refractivity contribution in [2.24, 2.45) is 12.0 Å². The number of aryl methyl sites for hydroxylation is 1. The Hall–Kier alpha value is -1.95. The number of allylic oxidation sites excluding steroid dienone is 1. The van der Waals surface area contributed by atoms with E-state index in [0.29, 0.717) is 17.1 Å². The molecule has 0 atom stereocenters. The lowest BCUT2D eigenvalue weighted by Gasteiger charge is -2.20. The van der Waals surface area contributed by atoms with Crippen LogP contribution >= 0.6 is 0 Å². The second-order valence-electron chi connectivity index (χ2n) is 6.88. The van der Waals surface area contributed by atoms with Crippen LogP contribution in [0.3, 0.4) is 0 Å². The summed E-state index contributed by atoms with van der Waals surface area (Å²) in [6.45, 7) is 6.87. The summed E-state index contributed by atoms with van der Waals surface area (Å²) >= 11 is 0. The highest BCUT2D eigenvalue weighted by Gasteiger charge is 2.25. The van der Waals surface area contributed by atoms with Crippen molar-refractivity contribution in [3.05, 3.63) is 40.4 Å². The molecule has 5 nitrogen and oxygen atoms in total. The van der Waals surface area contributed by atoms with Gasteiger partial charge in [0.25, 0.3) is 0 Å². The van der Waals surface area contributed by atoms with Gasteiger partial charge in [-0.2, -0.15) is 5.10 Å². The Morgan fingerprint density at radius 2 is 2.00 bits per heavy atom. The highest BCUT2D eigenvalue weighted by atomic mass is 32.2. The zero-order chi connectivity index (χ0) is 16.8. The molecule has 0 radical (unpaired) electrons. The van der Waals surface area contributed by atoms with Gasteiger partial charge in [-0.15, -0.1) is 0 Å². The fourth-order valence-corrected chi connectivity index (χ4v) is 4.23. The molecule has 0 aliphatic carbocycles. The van der Waals surface area contributed by atoms with Gasteiger partial charge in [0.05, 0.1) is 28.4 Å². The summed E-state index contributed by atoms with van der Waals surface area (Å²) < 4.78 is 26.8. The second-order valence-corrected chi connectivity index (χ2v) is 8.87. The summed E-state index contributed by atoms with van der Waals surface area (Å²) in [7, 11) is -1.54. The average Bonchev–Trinajstić information content (AvgIpc) is 3.07. The quantitative estimate of drug-likeness (QED) is 0.868. The van der Waals surface area contributed by atoms with E-state index in [1.807, 2.05) is 19.2 Å². The van der Waals surface area contributed by atoms with Gasteiger partial charge < -0.3 is 0 Å².